The Morgan fingerprint density at radius 3 is 2.95 bits per heavy atom. The molecule has 4 heterocycles. The number of hydrogen-bond donors (Lipinski definition) is 4. The van der Waals surface area contributed by atoms with Crippen molar-refractivity contribution in [3.05, 3.63) is 89.1 Å². The predicted octanol–water partition coefficient (Wildman–Crippen LogP) is 3.78. The third kappa shape index (κ3) is 5.05. The van der Waals surface area contributed by atoms with E-state index in [1.807, 2.05) is 18.2 Å². The van der Waals surface area contributed by atoms with Crippen LogP contribution < -0.4 is 16.0 Å². The van der Waals surface area contributed by atoms with Gasteiger partial charge in [0.05, 0.1) is 5.56 Å². The fourth-order valence-electron chi connectivity index (χ4n) is 4.44. The monoisotopic (exact) mass is 548 g/mol. The summed E-state index contributed by atoms with van der Waals surface area (Å²) in [6.45, 7) is 0.625. The summed E-state index contributed by atoms with van der Waals surface area (Å²) in [6, 6.07) is 12.7. The van der Waals surface area contributed by atoms with Crippen molar-refractivity contribution in [3.63, 3.8) is 0 Å². The van der Waals surface area contributed by atoms with Crippen LogP contribution in [0.2, 0.25) is 0 Å². The SMILES string of the molecule is O=C(NCc1ccc(F)c(F)c1)c1cccnc1NCC1CC=C(c2ccc3c(c2)-c2nnnn2C(O)N3)S1. The Morgan fingerprint density at radius 2 is 2.08 bits per heavy atom. The summed E-state index contributed by atoms with van der Waals surface area (Å²) in [4.78, 5) is 18.3. The number of aliphatic hydroxyl groups is 1. The Hall–Kier alpha value is -4.36. The van der Waals surface area contributed by atoms with E-state index >= 15 is 0 Å². The fraction of sp³-hybridized carbons (Fsp3) is 0.192. The molecule has 4 N–H and O–H groups in total. The van der Waals surface area contributed by atoms with Crippen LogP contribution in [0.4, 0.5) is 20.3 Å². The van der Waals surface area contributed by atoms with E-state index in [0.717, 1.165) is 40.3 Å². The smallest absolute Gasteiger partial charge is 0.255 e. The van der Waals surface area contributed by atoms with Crippen molar-refractivity contribution in [1.29, 1.82) is 0 Å². The number of carbonyl (C=O) groups is 1. The van der Waals surface area contributed by atoms with Gasteiger partial charge in [0.25, 0.3) is 5.91 Å². The molecule has 0 saturated heterocycles. The van der Waals surface area contributed by atoms with E-state index < -0.39 is 18.0 Å². The molecule has 0 spiro atoms. The number of benzene rings is 2. The molecule has 39 heavy (non-hydrogen) atoms. The average molecular weight is 549 g/mol. The number of rotatable bonds is 7. The number of carbonyl (C=O) groups excluding carboxylic acids is 1. The summed E-state index contributed by atoms with van der Waals surface area (Å²) >= 11 is 1.72. The lowest BCUT2D eigenvalue weighted by molar-refractivity contribution is 0.0951. The minimum Gasteiger partial charge on any atom is -0.368 e. The second kappa shape index (κ2) is 10.4. The summed E-state index contributed by atoms with van der Waals surface area (Å²) in [6.07, 6.45) is 3.57. The van der Waals surface area contributed by atoms with Crippen LogP contribution in [0, 0.1) is 11.6 Å². The summed E-state index contributed by atoms with van der Waals surface area (Å²) in [7, 11) is 0. The molecule has 0 aliphatic carbocycles. The van der Waals surface area contributed by atoms with Crippen LogP contribution in [0.25, 0.3) is 16.3 Å². The number of aliphatic hydroxyl groups excluding tert-OH is 1. The molecule has 13 heteroatoms. The van der Waals surface area contributed by atoms with Crippen molar-refractivity contribution in [2.45, 2.75) is 24.6 Å². The lowest BCUT2D eigenvalue weighted by Crippen LogP contribution is -2.25. The highest BCUT2D eigenvalue weighted by molar-refractivity contribution is 8.09. The molecule has 0 radical (unpaired) electrons. The van der Waals surface area contributed by atoms with Crippen LogP contribution in [-0.2, 0) is 6.54 Å². The highest BCUT2D eigenvalue weighted by Gasteiger charge is 2.27. The van der Waals surface area contributed by atoms with E-state index in [1.54, 1.807) is 30.1 Å². The predicted molar refractivity (Wildman–Crippen MR) is 142 cm³/mol. The molecule has 10 nitrogen and oxygen atoms in total. The van der Waals surface area contributed by atoms with E-state index in [9.17, 15) is 18.7 Å². The van der Waals surface area contributed by atoms with Crippen LogP contribution in [0.1, 0.15) is 34.3 Å². The van der Waals surface area contributed by atoms with Gasteiger partial charge < -0.3 is 21.1 Å². The molecule has 0 fully saturated rings. The van der Waals surface area contributed by atoms with Crippen molar-refractivity contribution >= 4 is 34.1 Å². The Morgan fingerprint density at radius 1 is 1.18 bits per heavy atom. The van der Waals surface area contributed by atoms with Gasteiger partial charge in [-0.2, -0.15) is 4.68 Å². The minimum atomic E-state index is -1.02. The molecule has 2 aliphatic rings. The average Bonchev–Trinajstić information content (AvgIpc) is 3.63. The third-order valence-electron chi connectivity index (χ3n) is 6.40. The summed E-state index contributed by atoms with van der Waals surface area (Å²) in [5.41, 5.74) is 3.38. The van der Waals surface area contributed by atoms with Crippen LogP contribution in [0.15, 0.2) is 60.8 Å². The van der Waals surface area contributed by atoms with Crippen molar-refractivity contribution < 1.29 is 18.7 Å². The summed E-state index contributed by atoms with van der Waals surface area (Å²) in [5, 5.41) is 30.9. The number of nitrogens with zero attached hydrogens (tertiary/aromatic N) is 5. The molecule has 0 bridgehead atoms. The zero-order valence-electron chi connectivity index (χ0n) is 20.3. The molecule has 2 atom stereocenters. The van der Waals surface area contributed by atoms with Crippen LogP contribution in [0.5, 0.6) is 0 Å². The van der Waals surface area contributed by atoms with Crippen molar-refractivity contribution in [2.75, 3.05) is 17.2 Å². The Labute approximate surface area is 225 Å². The van der Waals surface area contributed by atoms with Gasteiger partial charge in [0, 0.05) is 40.7 Å². The molecular weight excluding hydrogens is 526 g/mol. The fourth-order valence-corrected chi connectivity index (χ4v) is 5.61. The molecule has 2 aliphatic heterocycles. The van der Waals surface area contributed by atoms with Crippen LogP contribution >= 0.6 is 11.8 Å². The zero-order valence-corrected chi connectivity index (χ0v) is 21.1. The highest BCUT2D eigenvalue weighted by atomic mass is 32.2. The highest BCUT2D eigenvalue weighted by Crippen LogP contribution is 2.42. The lowest BCUT2D eigenvalue weighted by atomic mass is 10.1. The summed E-state index contributed by atoms with van der Waals surface area (Å²) in [5.74, 6) is -1.33. The largest absolute Gasteiger partial charge is 0.368 e. The summed E-state index contributed by atoms with van der Waals surface area (Å²) < 4.78 is 28.0. The number of nitrogens with one attached hydrogen (secondary N) is 3. The number of anilines is 2. The minimum absolute atomic E-state index is 0.0533. The first kappa shape index (κ1) is 24.9. The number of aromatic nitrogens is 5. The van der Waals surface area contributed by atoms with Gasteiger partial charge in [-0.25, -0.2) is 13.8 Å². The van der Waals surface area contributed by atoms with Gasteiger partial charge in [-0.05, 0) is 64.4 Å². The van der Waals surface area contributed by atoms with E-state index in [1.165, 1.54) is 10.7 Å². The quantitative estimate of drug-likeness (QED) is 0.273. The number of fused-ring (bicyclic) bond motifs is 3. The van der Waals surface area contributed by atoms with Gasteiger partial charge in [-0.15, -0.1) is 16.9 Å². The number of halogens is 2. The van der Waals surface area contributed by atoms with E-state index in [0.29, 0.717) is 29.3 Å². The number of pyridine rings is 1. The second-order valence-corrected chi connectivity index (χ2v) is 10.3. The van der Waals surface area contributed by atoms with Crippen LogP contribution in [0.3, 0.4) is 0 Å². The van der Waals surface area contributed by atoms with E-state index in [2.05, 4.69) is 42.5 Å². The Kier molecular flexibility index (Phi) is 6.67. The van der Waals surface area contributed by atoms with Crippen molar-refractivity contribution in [2.24, 2.45) is 0 Å². The van der Waals surface area contributed by atoms with Crippen molar-refractivity contribution in [3.8, 4) is 11.4 Å². The number of hydrogen-bond acceptors (Lipinski definition) is 9. The van der Waals surface area contributed by atoms with Gasteiger partial charge in [0.15, 0.2) is 17.5 Å². The second-order valence-electron chi connectivity index (χ2n) is 8.98. The lowest BCUT2D eigenvalue weighted by Gasteiger charge is -2.23. The van der Waals surface area contributed by atoms with Gasteiger partial charge in [0.2, 0.25) is 6.35 Å². The Bertz CT molecular complexity index is 1590. The number of tetrazole rings is 1. The Balaban J connectivity index is 1.08. The number of amides is 1. The molecule has 6 rings (SSSR count). The van der Waals surface area contributed by atoms with E-state index in [4.69, 9.17) is 0 Å². The molecule has 198 valence electrons. The molecule has 2 aromatic heterocycles. The van der Waals surface area contributed by atoms with Gasteiger partial charge in [0.1, 0.15) is 5.82 Å². The molecule has 1 amide bonds. The zero-order chi connectivity index (χ0) is 26.9. The standard InChI is InChI=1S/C26H22F2N8O2S/c27-19-6-3-14(10-20(19)28)12-31-25(37)17-2-1-9-29-23(17)30-13-16-5-8-22(39-16)15-4-7-21-18(11-15)24-33-34-35-36(24)26(38)32-21/h1-4,6-11,16,26,32,38H,5,12-13H2,(H,29,30)(H,31,37). The van der Waals surface area contributed by atoms with Crippen LogP contribution in [-0.4, -0.2) is 48.0 Å². The first-order valence-electron chi connectivity index (χ1n) is 12.1. The normalized spacial score (nSPS) is 17.6. The maximum atomic E-state index is 13.5. The van der Waals surface area contributed by atoms with Gasteiger partial charge >= 0.3 is 0 Å². The number of allylic oxidation sites excluding steroid dienone is 1. The maximum Gasteiger partial charge on any atom is 0.255 e. The molecule has 2 aromatic carbocycles. The van der Waals surface area contributed by atoms with Crippen molar-refractivity contribution in [1.82, 2.24) is 30.5 Å². The topological polar surface area (TPSA) is 130 Å². The molecule has 4 aromatic rings. The van der Waals surface area contributed by atoms with Gasteiger partial charge in [-0.1, -0.05) is 18.2 Å². The molecule has 0 saturated carbocycles. The first-order valence-corrected chi connectivity index (χ1v) is 13.0. The third-order valence-corrected chi connectivity index (χ3v) is 7.75. The number of thioether (sulfide) groups is 1. The molecular formula is C26H22F2N8O2S. The maximum absolute atomic E-state index is 13.5. The van der Waals surface area contributed by atoms with E-state index in [-0.39, 0.29) is 17.7 Å². The first-order chi connectivity index (χ1) is 19.0. The molecule has 2 unspecified atom stereocenters. The van der Waals surface area contributed by atoms with Gasteiger partial charge in [-0.3, -0.25) is 4.79 Å².